The lowest BCUT2D eigenvalue weighted by atomic mass is 10.0. The van der Waals surface area contributed by atoms with E-state index >= 15 is 0 Å². The molecule has 1 aromatic carbocycles. The summed E-state index contributed by atoms with van der Waals surface area (Å²) < 4.78 is 0. The molecule has 0 aromatic heterocycles. The molecule has 0 amide bonds. The lowest BCUT2D eigenvalue weighted by Crippen LogP contribution is -2.27. The van der Waals surface area contributed by atoms with Crippen LogP contribution >= 0.6 is 0 Å². The number of hydrogen-bond acceptors (Lipinski definition) is 2. The molecule has 1 aromatic rings. The predicted molar refractivity (Wildman–Crippen MR) is 60.9 cm³/mol. The average Bonchev–Trinajstić information content (AvgIpc) is 2.44. The molecule has 76 valence electrons. The smallest absolute Gasteiger partial charge is 0.0405 e. The molecular formula is C12H18N2. The molecule has 2 nitrogen and oxygen atoms in total. The van der Waals surface area contributed by atoms with Crippen molar-refractivity contribution in [2.75, 3.05) is 24.5 Å². The normalized spacial score (nSPS) is 19.9. The summed E-state index contributed by atoms with van der Waals surface area (Å²) in [7, 11) is 0. The zero-order chi connectivity index (χ0) is 10.1. The van der Waals surface area contributed by atoms with Gasteiger partial charge in [-0.1, -0.05) is 19.1 Å². The van der Waals surface area contributed by atoms with Crippen molar-refractivity contribution in [3.05, 3.63) is 29.3 Å². The third-order valence-electron chi connectivity index (χ3n) is 2.95. The molecule has 14 heavy (non-hydrogen) atoms. The van der Waals surface area contributed by atoms with Crippen LogP contribution < -0.4 is 10.6 Å². The van der Waals surface area contributed by atoms with Crippen molar-refractivity contribution < 1.29 is 0 Å². The van der Waals surface area contributed by atoms with Gasteiger partial charge in [0.25, 0.3) is 0 Å². The highest BCUT2D eigenvalue weighted by molar-refractivity contribution is 5.61. The van der Waals surface area contributed by atoms with E-state index in [9.17, 15) is 0 Å². The Morgan fingerprint density at radius 3 is 3.00 bits per heavy atom. The summed E-state index contributed by atoms with van der Waals surface area (Å²) in [6.45, 7) is 7.26. The Labute approximate surface area is 85.7 Å². The third kappa shape index (κ3) is 1.50. The highest BCUT2D eigenvalue weighted by Crippen LogP contribution is 2.35. The number of rotatable bonds is 2. The third-order valence-corrected chi connectivity index (χ3v) is 2.95. The average molecular weight is 190 g/mol. The second-order valence-electron chi connectivity index (χ2n) is 4.20. The first-order valence-electron chi connectivity index (χ1n) is 5.28. The first kappa shape index (κ1) is 9.53. The van der Waals surface area contributed by atoms with E-state index in [2.05, 4.69) is 36.9 Å². The van der Waals surface area contributed by atoms with E-state index in [-0.39, 0.29) is 0 Å². The van der Waals surface area contributed by atoms with Gasteiger partial charge in [-0.25, -0.2) is 0 Å². The quantitative estimate of drug-likeness (QED) is 0.771. The number of fused-ring (bicyclic) bond motifs is 1. The molecule has 2 N–H and O–H groups in total. The van der Waals surface area contributed by atoms with Gasteiger partial charge in [-0.3, -0.25) is 0 Å². The van der Waals surface area contributed by atoms with Gasteiger partial charge in [0.15, 0.2) is 0 Å². The molecule has 0 aliphatic carbocycles. The minimum absolute atomic E-state index is 0.650. The van der Waals surface area contributed by atoms with Crippen molar-refractivity contribution >= 4 is 5.69 Å². The molecule has 0 saturated heterocycles. The minimum Gasteiger partial charge on any atom is -0.369 e. The zero-order valence-corrected chi connectivity index (χ0v) is 8.96. The number of hydrogen-bond donors (Lipinski definition) is 1. The highest BCUT2D eigenvalue weighted by atomic mass is 15.2. The number of benzene rings is 1. The van der Waals surface area contributed by atoms with Crippen molar-refractivity contribution in [3.63, 3.8) is 0 Å². The lowest BCUT2D eigenvalue weighted by Gasteiger charge is -2.18. The van der Waals surface area contributed by atoms with Gasteiger partial charge in [0.1, 0.15) is 0 Å². The lowest BCUT2D eigenvalue weighted by molar-refractivity contribution is 0.744. The molecule has 1 unspecified atom stereocenters. The number of nitrogens with two attached hydrogens (primary N) is 1. The Kier molecular flexibility index (Phi) is 2.46. The predicted octanol–water partition coefficient (Wildman–Crippen LogP) is 1.88. The van der Waals surface area contributed by atoms with Crippen molar-refractivity contribution in [2.45, 2.75) is 19.8 Å². The van der Waals surface area contributed by atoms with Crippen LogP contribution in [0, 0.1) is 6.92 Å². The summed E-state index contributed by atoms with van der Waals surface area (Å²) in [6, 6.07) is 6.72. The Bertz CT molecular complexity index is 333. The van der Waals surface area contributed by atoms with Crippen molar-refractivity contribution in [1.29, 1.82) is 0 Å². The van der Waals surface area contributed by atoms with Gasteiger partial charge in [-0.2, -0.15) is 0 Å². The maximum atomic E-state index is 5.61. The first-order valence-corrected chi connectivity index (χ1v) is 5.28. The van der Waals surface area contributed by atoms with Crippen molar-refractivity contribution in [2.24, 2.45) is 5.73 Å². The van der Waals surface area contributed by atoms with Gasteiger partial charge >= 0.3 is 0 Å². The van der Waals surface area contributed by atoms with Crippen LogP contribution in [-0.2, 0) is 0 Å². The van der Waals surface area contributed by atoms with Gasteiger partial charge in [0.2, 0.25) is 0 Å². The van der Waals surface area contributed by atoms with Crippen LogP contribution in [0.15, 0.2) is 18.2 Å². The topological polar surface area (TPSA) is 29.3 Å². The summed E-state index contributed by atoms with van der Waals surface area (Å²) >= 11 is 0. The second-order valence-corrected chi connectivity index (χ2v) is 4.20. The molecule has 2 rings (SSSR count). The molecule has 0 spiro atoms. The van der Waals surface area contributed by atoms with Crippen LogP contribution in [0.5, 0.6) is 0 Å². The SMILES string of the molecule is Cc1ccc2c(c1)N(CCN)CC2C. The number of aryl methyl sites for hydroxylation is 1. The van der Waals surface area contributed by atoms with Gasteiger partial charge in [0.05, 0.1) is 0 Å². The Hall–Kier alpha value is -1.02. The largest absolute Gasteiger partial charge is 0.369 e. The van der Waals surface area contributed by atoms with E-state index in [0.29, 0.717) is 5.92 Å². The van der Waals surface area contributed by atoms with Gasteiger partial charge in [-0.15, -0.1) is 0 Å². The first-order chi connectivity index (χ1) is 6.72. The summed E-state index contributed by atoms with van der Waals surface area (Å²) in [6.07, 6.45) is 0. The van der Waals surface area contributed by atoms with E-state index < -0.39 is 0 Å². The van der Waals surface area contributed by atoms with Crippen LogP contribution in [0.2, 0.25) is 0 Å². The fourth-order valence-electron chi connectivity index (χ4n) is 2.24. The van der Waals surface area contributed by atoms with Crippen LogP contribution in [0.25, 0.3) is 0 Å². The van der Waals surface area contributed by atoms with Crippen molar-refractivity contribution in [1.82, 2.24) is 0 Å². The maximum absolute atomic E-state index is 5.61. The molecule has 0 bridgehead atoms. The second kappa shape index (κ2) is 3.62. The fourth-order valence-corrected chi connectivity index (χ4v) is 2.24. The number of nitrogens with zero attached hydrogens (tertiary/aromatic N) is 1. The molecule has 2 heteroatoms. The molecule has 0 saturated carbocycles. The molecule has 1 aliphatic rings. The molecular weight excluding hydrogens is 172 g/mol. The van der Waals surface area contributed by atoms with E-state index in [0.717, 1.165) is 19.6 Å². The Balaban J connectivity index is 2.35. The highest BCUT2D eigenvalue weighted by Gasteiger charge is 2.24. The monoisotopic (exact) mass is 190 g/mol. The van der Waals surface area contributed by atoms with Crippen LogP contribution in [0.4, 0.5) is 5.69 Å². The molecule has 1 heterocycles. The van der Waals surface area contributed by atoms with E-state index in [1.54, 1.807) is 0 Å². The molecule has 1 atom stereocenters. The molecule has 0 radical (unpaired) electrons. The maximum Gasteiger partial charge on any atom is 0.0405 e. The van der Waals surface area contributed by atoms with Gasteiger partial charge < -0.3 is 10.6 Å². The number of anilines is 1. The summed E-state index contributed by atoms with van der Waals surface area (Å²) in [4.78, 5) is 2.40. The Morgan fingerprint density at radius 1 is 1.50 bits per heavy atom. The van der Waals surface area contributed by atoms with E-state index in [1.165, 1.54) is 16.8 Å². The van der Waals surface area contributed by atoms with Crippen molar-refractivity contribution in [3.8, 4) is 0 Å². The van der Waals surface area contributed by atoms with Crippen LogP contribution in [-0.4, -0.2) is 19.6 Å². The molecule has 1 aliphatic heterocycles. The summed E-state index contributed by atoms with van der Waals surface area (Å²) in [5, 5.41) is 0. The Morgan fingerprint density at radius 2 is 2.29 bits per heavy atom. The minimum atomic E-state index is 0.650. The summed E-state index contributed by atoms with van der Waals surface area (Å²) in [5.74, 6) is 0.650. The molecule has 0 fully saturated rings. The zero-order valence-electron chi connectivity index (χ0n) is 8.96. The van der Waals surface area contributed by atoms with E-state index in [4.69, 9.17) is 5.73 Å². The van der Waals surface area contributed by atoms with E-state index in [1.807, 2.05) is 0 Å². The van der Waals surface area contributed by atoms with Gasteiger partial charge in [0, 0.05) is 31.2 Å². The fraction of sp³-hybridized carbons (Fsp3) is 0.500. The summed E-state index contributed by atoms with van der Waals surface area (Å²) in [5.41, 5.74) is 9.81. The van der Waals surface area contributed by atoms with Crippen LogP contribution in [0.3, 0.4) is 0 Å². The standard InChI is InChI=1S/C12H18N2/c1-9-3-4-11-10(2)8-14(6-5-13)12(11)7-9/h3-4,7,10H,5-6,8,13H2,1-2H3. The van der Waals surface area contributed by atoms with Crippen LogP contribution in [0.1, 0.15) is 24.0 Å². The van der Waals surface area contributed by atoms with Gasteiger partial charge in [-0.05, 0) is 24.1 Å².